The van der Waals surface area contributed by atoms with Crippen molar-refractivity contribution in [3.63, 3.8) is 0 Å². The van der Waals surface area contributed by atoms with E-state index in [2.05, 4.69) is 111 Å². The highest BCUT2D eigenvalue weighted by molar-refractivity contribution is 8.17. The van der Waals surface area contributed by atoms with Crippen molar-refractivity contribution >= 4 is 42.4 Å². The van der Waals surface area contributed by atoms with E-state index in [1.54, 1.807) is 11.3 Å². The van der Waals surface area contributed by atoms with Gasteiger partial charge < -0.3 is 0 Å². The monoisotopic (exact) mass is 440 g/mol. The van der Waals surface area contributed by atoms with E-state index in [9.17, 15) is 4.79 Å². The molecule has 0 aliphatic heterocycles. The highest BCUT2D eigenvalue weighted by atomic mass is 32.2. The van der Waals surface area contributed by atoms with E-state index in [4.69, 9.17) is 0 Å². The number of benzene rings is 4. The maximum atomic E-state index is 13.5. The Morgan fingerprint density at radius 3 is 1.77 bits per heavy atom. The molecule has 5 rings (SSSR count). The Bertz CT molecular complexity index is 1380. The molecule has 0 amide bonds. The number of hydrogen-bond donors (Lipinski definition) is 1. The van der Waals surface area contributed by atoms with Crippen LogP contribution in [-0.4, -0.2) is 0 Å². The molecule has 3 heteroatoms. The molecule has 0 saturated heterocycles. The van der Waals surface area contributed by atoms with Gasteiger partial charge in [0.25, 0.3) is 0 Å². The molecular weight excluding hydrogens is 416 g/mol. The molecule has 1 heterocycles. The van der Waals surface area contributed by atoms with Gasteiger partial charge in [-0.3, -0.25) is 4.79 Å². The van der Waals surface area contributed by atoms with Crippen LogP contribution in [0.2, 0.25) is 0 Å². The molecule has 1 nitrogen and oxygen atoms in total. The number of rotatable bonds is 4. The van der Waals surface area contributed by atoms with Crippen LogP contribution in [0.1, 0.15) is 25.3 Å². The minimum Gasteiger partial charge on any atom is -0.289 e. The Balaban J connectivity index is 1.74. The third kappa shape index (κ3) is 3.80. The first-order valence-corrected chi connectivity index (χ1v) is 12.7. The zero-order valence-electron chi connectivity index (χ0n) is 17.6. The fraction of sp³-hybridized carbons (Fsp3) is 0.107. The van der Waals surface area contributed by atoms with Crippen LogP contribution in [0.4, 0.5) is 0 Å². The molecular formula is C28H24OS2. The number of thiol groups is 1. The molecule has 0 aliphatic rings. The molecule has 0 fully saturated rings. The third-order valence-corrected chi connectivity index (χ3v) is 9.21. The van der Waals surface area contributed by atoms with Gasteiger partial charge in [-0.2, -0.15) is 10.9 Å². The zero-order valence-corrected chi connectivity index (χ0v) is 19.3. The minimum atomic E-state index is -0.726. The SMILES string of the molecule is CC(C)c1ccc2sc3ccc([SH](c4ccccc4)c4ccccc4)cc3c(=O)c2c1. The van der Waals surface area contributed by atoms with Gasteiger partial charge in [-0.25, -0.2) is 0 Å². The molecule has 0 radical (unpaired) electrons. The van der Waals surface area contributed by atoms with Gasteiger partial charge in [0.05, 0.1) is 0 Å². The van der Waals surface area contributed by atoms with Gasteiger partial charge in [-0.05, 0) is 80.8 Å². The summed E-state index contributed by atoms with van der Waals surface area (Å²) in [6.07, 6.45) is 0. The van der Waals surface area contributed by atoms with Gasteiger partial charge in [0.15, 0.2) is 5.43 Å². The van der Waals surface area contributed by atoms with Crippen LogP contribution in [0.3, 0.4) is 0 Å². The van der Waals surface area contributed by atoms with E-state index in [0.717, 1.165) is 20.2 Å². The van der Waals surface area contributed by atoms with Crippen molar-refractivity contribution in [2.45, 2.75) is 34.5 Å². The lowest BCUT2D eigenvalue weighted by Crippen LogP contribution is -2.02. The van der Waals surface area contributed by atoms with Crippen LogP contribution in [0.25, 0.3) is 20.2 Å². The lowest BCUT2D eigenvalue weighted by Gasteiger charge is -2.23. The minimum absolute atomic E-state index is 0.143. The molecule has 5 aromatic rings. The maximum Gasteiger partial charge on any atom is 0.195 e. The van der Waals surface area contributed by atoms with Crippen LogP contribution >= 0.6 is 22.2 Å². The van der Waals surface area contributed by atoms with E-state index in [1.165, 1.54) is 20.2 Å². The summed E-state index contributed by atoms with van der Waals surface area (Å²) in [6, 6.07) is 34.1. The first-order chi connectivity index (χ1) is 15.1. The van der Waals surface area contributed by atoms with Gasteiger partial charge in [-0.15, -0.1) is 11.3 Å². The first-order valence-electron chi connectivity index (χ1n) is 10.5. The van der Waals surface area contributed by atoms with Crippen LogP contribution in [0.15, 0.2) is 117 Å². The van der Waals surface area contributed by atoms with Crippen molar-refractivity contribution in [2.75, 3.05) is 0 Å². The van der Waals surface area contributed by atoms with Gasteiger partial charge >= 0.3 is 0 Å². The lowest BCUT2D eigenvalue weighted by atomic mass is 10.0. The van der Waals surface area contributed by atoms with E-state index < -0.39 is 10.9 Å². The Hall–Kier alpha value is -2.88. The summed E-state index contributed by atoms with van der Waals surface area (Å²) >= 11 is 1.71. The fourth-order valence-corrected chi connectivity index (χ4v) is 7.31. The van der Waals surface area contributed by atoms with Crippen molar-refractivity contribution in [3.8, 4) is 0 Å². The largest absolute Gasteiger partial charge is 0.289 e. The third-order valence-electron chi connectivity index (χ3n) is 5.63. The van der Waals surface area contributed by atoms with Crippen molar-refractivity contribution in [3.05, 3.63) is 113 Å². The fourth-order valence-electron chi connectivity index (χ4n) is 3.96. The zero-order chi connectivity index (χ0) is 21.4. The average Bonchev–Trinajstić information content (AvgIpc) is 2.81. The van der Waals surface area contributed by atoms with E-state index in [0.29, 0.717) is 5.92 Å². The molecule has 0 bridgehead atoms. The summed E-state index contributed by atoms with van der Waals surface area (Å²) < 4.78 is 2.11. The molecule has 0 aliphatic carbocycles. The topological polar surface area (TPSA) is 17.1 Å². The summed E-state index contributed by atoms with van der Waals surface area (Å²) in [5.41, 5.74) is 1.35. The molecule has 1 aromatic heterocycles. The smallest absolute Gasteiger partial charge is 0.195 e. The molecule has 31 heavy (non-hydrogen) atoms. The standard InChI is InChI=1S/C28H24OS2/c1-19(2)20-13-15-26-24(17-20)28(29)25-18-23(14-16-27(25)30-26)31(21-9-5-3-6-10-21)22-11-7-4-8-12-22/h3-19,31H,1-2H3. The summed E-state index contributed by atoms with van der Waals surface area (Å²) in [7, 11) is -0.726. The van der Waals surface area contributed by atoms with Crippen LogP contribution in [0, 0.1) is 0 Å². The van der Waals surface area contributed by atoms with Crippen LogP contribution in [-0.2, 0) is 0 Å². The van der Waals surface area contributed by atoms with Gasteiger partial charge in [0.2, 0.25) is 0 Å². The lowest BCUT2D eigenvalue weighted by molar-refractivity contribution is 0.869. The Morgan fingerprint density at radius 2 is 1.19 bits per heavy atom. The predicted octanol–water partition coefficient (Wildman–Crippen LogP) is 8.02. The van der Waals surface area contributed by atoms with Crippen molar-refractivity contribution in [1.82, 2.24) is 0 Å². The molecule has 0 saturated carbocycles. The van der Waals surface area contributed by atoms with Gasteiger partial charge in [-0.1, -0.05) is 56.3 Å². The maximum absolute atomic E-state index is 13.5. The van der Waals surface area contributed by atoms with E-state index in [1.807, 2.05) is 0 Å². The van der Waals surface area contributed by atoms with Gasteiger partial charge in [0, 0.05) is 20.2 Å². The second-order valence-electron chi connectivity index (χ2n) is 8.03. The quantitative estimate of drug-likeness (QED) is 0.221. The normalized spacial score (nSPS) is 11.9. The van der Waals surface area contributed by atoms with Crippen molar-refractivity contribution < 1.29 is 0 Å². The second kappa shape index (κ2) is 8.33. The highest BCUT2D eigenvalue weighted by Gasteiger charge is 2.15. The summed E-state index contributed by atoms with van der Waals surface area (Å²) in [6.45, 7) is 4.34. The predicted molar refractivity (Wildman–Crippen MR) is 136 cm³/mol. The van der Waals surface area contributed by atoms with Crippen LogP contribution in [0.5, 0.6) is 0 Å². The summed E-state index contributed by atoms with van der Waals surface area (Å²) in [5, 5.41) is 1.67. The molecule has 0 atom stereocenters. The first kappa shape index (κ1) is 20.0. The molecule has 0 unspecified atom stereocenters. The molecule has 154 valence electrons. The van der Waals surface area contributed by atoms with Crippen molar-refractivity contribution in [2.24, 2.45) is 0 Å². The average molecular weight is 441 g/mol. The second-order valence-corrected chi connectivity index (χ2v) is 11.3. The molecule has 4 aromatic carbocycles. The van der Waals surface area contributed by atoms with Crippen LogP contribution < -0.4 is 5.43 Å². The molecule has 0 spiro atoms. The van der Waals surface area contributed by atoms with Crippen molar-refractivity contribution in [1.29, 1.82) is 0 Å². The van der Waals surface area contributed by atoms with E-state index >= 15 is 0 Å². The highest BCUT2D eigenvalue weighted by Crippen LogP contribution is 2.51. The van der Waals surface area contributed by atoms with Gasteiger partial charge in [0.1, 0.15) is 0 Å². The summed E-state index contributed by atoms with van der Waals surface area (Å²) in [4.78, 5) is 17.3. The van der Waals surface area contributed by atoms with E-state index in [-0.39, 0.29) is 5.43 Å². The number of hydrogen-bond acceptors (Lipinski definition) is 2. The summed E-state index contributed by atoms with van der Waals surface area (Å²) in [5.74, 6) is 0.403. The Kier molecular flexibility index (Phi) is 5.39. The number of fused-ring (bicyclic) bond motifs is 2. The molecule has 0 N–H and O–H groups in total. The Labute approximate surface area is 189 Å². The Morgan fingerprint density at radius 1 is 0.645 bits per heavy atom.